The number of aromatic nitrogens is 2. The smallest absolute Gasteiger partial charge is 0.261 e. The molecule has 0 aliphatic heterocycles. The minimum Gasteiger partial charge on any atom is -0.375 e. The topological polar surface area (TPSA) is 73.1 Å². The fraction of sp³-hybridized carbons (Fsp3) is 0.556. The van der Waals surface area contributed by atoms with Gasteiger partial charge in [-0.15, -0.1) is 0 Å². The Morgan fingerprint density at radius 3 is 2.62 bits per heavy atom. The summed E-state index contributed by atoms with van der Waals surface area (Å²) in [6, 6.07) is -0.195. The van der Waals surface area contributed by atoms with Crippen LogP contribution in [0.3, 0.4) is 0 Å². The monoisotopic (exact) mass is 232 g/mol. The lowest BCUT2D eigenvalue weighted by Gasteiger charge is -2.15. The fourth-order valence-electron chi connectivity index (χ4n) is 1.21. The molecule has 0 aromatic carbocycles. The second-order valence-electron chi connectivity index (χ2n) is 3.15. The molecular formula is C9H14F2N4O. The van der Waals surface area contributed by atoms with Gasteiger partial charge in [-0.2, -0.15) is 0 Å². The van der Waals surface area contributed by atoms with Gasteiger partial charge in [-0.05, 0) is 6.42 Å². The molecule has 0 spiro atoms. The third kappa shape index (κ3) is 4.56. The molecule has 0 fully saturated rings. The van der Waals surface area contributed by atoms with E-state index in [1.807, 2.05) is 0 Å². The van der Waals surface area contributed by atoms with Crippen LogP contribution in [0.1, 0.15) is 18.0 Å². The molecule has 1 rings (SSSR count). The Kier molecular flexibility index (Phi) is 5.76. The van der Waals surface area contributed by atoms with Crippen molar-refractivity contribution in [3.63, 3.8) is 0 Å². The van der Waals surface area contributed by atoms with Gasteiger partial charge in [0.2, 0.25) is 0 Å². The molecule has 1 unspecified atom stereocenters. The molecule has 1 atom stereocenters. The Hall–Kier alpha value is -1.18. The van der Waals surface area contributed by atoms with Crippen LogP contribution in [0.2, 0.25) is 0 Å². The van der Waals surface area contributed by atoms with E-state index in [-0.39, 0.29) is 12.6 Å². The van der Waals surface area contributed by atoms with E-state index in [9.17, 15) is 8.78 Å². The third-order valence-corrected chi connectivity index (χ3v) is 1.98. The van der Waals surface area contributed by atoms with Crippen LogP contribution in [-0.4, -0.2) is 29.6 Å². The SMILES string of the molecule is NNC(CCOCC(F)F)c1cncnc1. The number of nitrogens with zero attached hydrogens (tertiary/aromatic N) is 2. The molecule has 1 aromatic rings. The van der Waals surface area contributed by atoms with E-state index in [0.717, 1.165) is 5.56 Å². The Morgan fingerprint density at radius 1 is 1.38 bits per heavy atom. The molecule has 90 valence electrons. The van der Waals surface area contributed by atoms with Gasteiger partial charge < -0.3 is 4.74 Å². The molecule has 1 heterocycles. The third-order valence-electron chi connectivity index (χ3n) is 1.98. The average molecular weight is 232 g/mol. The fourth-order valence-corrected chi connectivity index (χ4v) is 1.21. The van der Waals surface area contributed by atoms with Crippen LogP contribution in [0.25, 0.3) is 0 Å². The normalized spacial score (nSPS) is 13.0. The molecule has 0 bridgehead atoms. The predicted molar refractivity (Wildman–Crippen MR) is 53.5 cm³/mol. The van der Waals surface area contributed by atoms with Gasteiger partial charge in [0.25, 0.3) is 6.43 Å². The van der Waals surface area contributed by atoms with Crippen molar-refractivity contribution in [2.24, 2.45) is 5.84 Å². The van der Waals surface area contributed by atoms with Crippen LogP contribution < -0.4 is 11.3 Å². The molecular weight excluding hydrogens is 218 g/mol. The van der Waals surface area contributed by atoms with Crippen LogP contribution in [0.15, 0.2) is 18.7 Å². The Bertz CT molecular complexity index is 286. The molecule has 0 radical (unpaired) electrons. The Labute approximate surface area is 92.0 Å². The lowest BCUT2D eigenvalue weighted by molar-refractivity contribution is 0.0143. The minimum atomic E-state index is -2.44. The van der Waals surface area contributed by atoms with Crippen LogP contribution in [-0.2, 0) is 4.74 Å². The molecule has 0 aliphatic carbocycles. The standard InChI is InChI=1S/C9H14F2N4O/c10-9(11)5-16-2-1-8(15-12)7-3-13-6-14-4-7/h3-4,6,8-9,15H,1-2,5,12H2. The van der Waals surface area contributed by atoms with Gasteiger partial charge in [0, 0.05) is 24.6 Å². The maximum Gasteiger partial charge on any atom is 0.261 e. The summed E-state index contributed by atoms with van der Waals surface area (Å²) in [5, 5.41) is 0. The second kappa shape index (κ2) is 7.15. The van der Waals surface area contributed by atoms with Crippen LogP contribution in [0.5, 0.6) is 0 Å². The summed E-state index contributed by atoms with van der Waals surface area (Å²) in [6.45, 7) is -0.351. The van der Waals surface area contributed by atoms with Crippen LogP contribution in [0, 0.1) is 0 Å². The molecule has 3 N–H and O–H groups in total. The highest BCUT2D eigenvalue weighted by molar-refractivity contribution is 5.08. The van der Waals surface area contributed by atoms with Gasteiger partial charge >= 0.3 is 0 Å². The molecule has 16 heavy (non-hydrogen) atoms. The number of hydrogen-bond acceptors (Lipinski definition) is 5. The summed E-state index contributed by atoms with van der Waals surface area (Å²) in [5.41, 5.74) is 3.36. The number of nitrogens with one attached hydrogen (secondary N) is 1. The number of nitrogens with two attached hydrogens (primary N) is 1. The first-order chi connectivity index (χ1) is 7.74. The highest BCUT2D eigenvalue weighted by Crippen LogP contribution is 2.13. The summed E-state index contributed by atoms with van der Waals surface area (Å²) >= 11 is 0. The highest BCUT2D eigenvalue weighted by Gasteiger charge is 2.10. The van der Waals surface area contributed by atoms with Gasteiger partial charge in [0.05, 0.1) is 6.04 Å². The first kappa shape index (κ1) is 12.9. The average Bonchev–Trinajstić information content (AvgIpc) is 2.30. The number of ether oxygens (including phenoxy) is 1. The summed E-state index contributed by atoms with van der Waals surface area (Å²) in [5.74, 6) is 5.34. The van der Waals surface area contributed by atoms with Crippen LogP contribution in [0.4, 0.5) is 8.78 Å². The molecule has 0 saturated carbocycles. The Morgan fingerprint density at radius 2 is 2.06 bits per heavy atom. The lowest BCUT2D eigenvalue weighted by atomic mass is 10.1. The van der Waals surface area contributed by atoms with Gasteiger partial charge in [-0.3, -0.25) is 11.3 Å². The first-order valence-corrected chi connectivity index (χ1v) is 4.81. The van der Waals surface area contributed by atoms with Gasteiger partial charge in [-0.1, -0.05) is 0 Å². The van der Waals surface area contributed by atoms with Crippen molar-refractivity contribution in [2.75, 3.05) is 13.2 Å². The minimum absolute atomic E-state index is 0.195. The molecule has 0 saturated heterocycles. The van der Waals surface area contributed by atoms with E-state index in [1.165, 1.54) is 6.33 Å². The summed E-state index contributed by atoms with van der Waals surface area (Å²) in [7, 11) is 0. The predicted octanol–water partition coefficient (Wildman–Crippen LogP) is 0.653. The van der Waals surface area contributed by atoms with E-state index in [2.05, 4.69) is 15.4 Å². The van der Waals surface area contributed by atoms with Crippen molar-refractivity contribution in [3.8, 4) is 0 Å². The van der Waals surface area contributed by atoms with Crippen molar-refractivity contribution in [2.45, 2.75) is 18.9 Å². The zero-order valence-corrected chi connectivity index (χ0v) is 8.64. The molecule has 1 aromatic heterocycles. The van der Waals surface area contributed by atoms with Crippen molar-refractivity contribution in [1.82, 2.24) is 15.4 Å². The van der Waals surface area contributed by atoms with E-state index in [1.54, 1.807) is 12.4 Å². The quantitative estimate of drug-likeness (QED) is 0.410. The molecule has 5 nitrogen and oxygen atoms in total. The number of rotatable bonds is 7. The maximum atomic E-state index is 11.8. The van der Waals surface area contributed by atoms with Crippen molar-refractivity contribution >= 4 is 0 Å². The zero-order chi connectivity index (χ0) is 11.8. The van der Waals surface area contributed by atoms with Crippen LogP contribution >= 0.6 is 0 Å². The maximum absolute atomic E-state index is 11.8. The Balaban J connectivity index is 2.33. The van der Waals surface area contributed by atoms with Crippen molar-refractivity contribution in [1.29, 1.82) is 0 Å². The van der Waals surface area contributed by atoms with Crippen molar-refractivity contribution < 1.29 is 13.5 Å². The molecule has 0 aliphatic rings. The number of halogens is 2. The first-order valence-electron chi connectivity index (χ1n) is 4.81. The van der Waals surface area contributed by atoms with Gasteiger partial charge in [0.15, 0.2) is 0 Å². The summed E-state index contributed by atoms with van der Waals surface area (Å²) in [4.78, 5) is 7.69. The zero-order valence-electron chi connectivity index (χ0n) is 8.64. The van der Waals surface area contributed by atoms with Gasteiger partial charge in [0.1, 0.15) is 12.9 Å². The highest BCUT2D eigenvalue weighted by atomic mass is 19.3. The van der Waals surface area contributed by atoms with Crippen molar-refractivity contribution in [3.05, 3.63) is 24.3 Å². The van der Waals surface area contributed by atoms with E-state index >= 15 is 0 Å². The number of hydrogen-bond donors (Lipinski definition) is 2. The summed E-state index contributed by atoms with van der Waals surface area (Å²) < 4.78 is 28.3. The van der Waals surface area contributed by atoms with E-state index < -0.39 is 13.0 Å². The largest absolute Gasteiger partial charge is 0.375 e. The summed E-state index contributed by atoms with van der Waals surface area (Å²) in [6.07, 6.45) is 2.68. The van der Waals surface area contributed by atoms with E-state index in [4.69, 9.17) is 10.6 Å². The second-order valence-corrected chi connectivity index (χ2v) is 3.15. The molecule has 0 amide bonds. The molecule has 7 heteroatoms. The number of alkyl halides is 2. The number of hydrazine groups is 1. The van der Waals surface area contributed by atoms with Gasteiger partial charge in [-0.25, -0.2) is 18.7 Å². The lowest BCUT2D eigenvalue weighted by Crippen LogP contribution is -2.29. The van der Waals surface area contributed by atoms with E-state index in [0.29, 0.717) is 6.42 Å².